The van der Waals surface area contributed by atoms with Crippen molar-refractivity contribution >= 4 is 17.4 Å². The summed E-state index contributed by atoms with van der Waals surface area (Å²) in [6, 6.07) is 1.82. The van der Waals surface area contributed by atoms with E-state index in [0.717, 1.165) is 22.7 Å². The topological polar surface area (TPSA) is 66.9 Å². The minimum Gasteiger partial charge on any atom is -0.338 e. The summed E-state index contributed by atoms with van der Waals surface area (Å²) in [5, 5.41) is 8.80. The molecule has 0 atom stereocenters. The Morgan fingerprint density at radius 3 is 2.74 bits per heavy atom. The number of rotatable bonds is 5. The molecule has 0 aliphatic rings. The second-order valence-corrected chi connectivity index (χ2v) is 7.41. The van der Waals surface area contributed by atoms with Gasteiger partial charge in [-0.15, -0.1) is 11.3 Å². The van der Waals surface area contributed by atoms with Crippen LogP contribution in [0, 0.1) is 6.92 Å². The molecule has 0 saturated carbocycles. The lowest BCUT2D eigenvalue weighted by molar-refractivity contribution is 0.240. The van der Waals surface area contributed by atoms with Crippen molar-refractivity contribution in [2.24, 2.45) is 0 Å². The molecule has 2 rings (SSSR count). The van der Waals surface area contributed by atoms with Crippen LogP contribution in [0.15, 0.2) is 23.8 Å². The molecule has 0 unspecified atom stereocenters. The lowest BCUT2D eigenvalue weighted by atomic mass is 9.98. The van der Waals surface area contributed by atoms with Gasteiger partial charge >= 0.3 is 6.03 Å². The number of pyridine rings is 1. The van der Waals surface area contributed by atoms with E-state index < -0.39 is 0 Å². The third-order valence-electron chi connectivity index (χ3n) is 3.44. The molecular weight excluding hydrogens is 308 g/mol. The van der Waals surface area contributed by atoms with Gasteiger partial charge < -0.3 is 10.6 Å². The van der Waals surface area contributed by atoms with Crippen LogP contribution in [0.1, 0.15) is 42.6 Å². The maximum absolute atomic E-state index is 11.8. The van der Waals surface area contributed by atoms with Gasteiger partial charge in [0.15, 0.2) is 0 Å². The normalized spacial score (nSPS) is 11.3. The number of urea groups is 1. The zero-order chi connectivity index (χ0) is 16.9. The minimum atomic E-state index is -0.165. The number of nitrogens with zero attached hydrogens (tertiary/aromatic N) is 2. The van der Waals surface area contributed by atoms with Gasteiger partial charge in [0.1, 0.15) is 0 Å². The largest absolute Gasteiger partial charge is 0.338 e. The van der Waals surface area contributed by atoms with Crippen LogP contribution in [0.5, 0.6) is 0 Å². The summed E-state index contributed by atoms with van der Waals surface area (Å²) >= 11 is 1.64. The van der Waals surface area contributed by atoms with Gasteiger partial charge in [-0.1, -0.05) is 20.8 Å². The predicted octanol–water partition coefficient (Wildman–Crippen LogP) is 3.19. The number of carbonyl (C=O) groups is 1. The van der Waals surface area contributed by atoms with E-state index in [-0.39, 0.29) is 11.4 Å². The fourth-order valence-corrected chi connectivity index (χ4v) is 2.97. The van der Waals surface area contributed by atoms with E-state index in [1.165, 1.54) is 5.56 Å². The van der Waals surface area contributed by atoms with Crippen molar-refractivity contribution in [1.29, 1.82) is 0 Å². The zero-order valence-corrected chi connectivity index (χ0v) is 15.0. The minimum absolute atomic E-state index is 0.0492. The molecule has 124 valence electrons. The standard InChI is InChI=1S/C17H24N4OS/c1-12-9-18-7-5-13(12)6-8-19-16(22)20-10-14-11-23-15(21-14)17(2,3)4/h5,7,9,11H,6,8,10H2,1-4H3,(H2,19,20,22). The monoisotopic (exact) mass is 332 g/mol. The Labute approximate surface area is 141 Å². The average Bonchev–Trinajstić information content (AvgIpc) is 2.96. The number of aromatic nitrogens is 2. The van der Waals surface area contributed by atoms with E-state index in [4.69, 9.17) is 0 Å². The smallest absolute Gasteiger partial charge is 0.315 e. The SMILES string of the molecule is Cc1cnccc1CCNC(=O)NCc1csc(C(C)(C)C)n1. The first-order chi connectivity index (χ1) is 10.9. The van der Waals surface area contributed by atoms with Crippen molar-refractivity contribution in [1.82, 2.24) is 20.6 Å². The van der Waals surface area contributed by atoms with Gasteiger partial charge in [-0.3, -0.25) is 4.98 Å². The van der Waals surface area contributed by atoms with E-state index in [2.05, 4.69) is 41.4 Å². The van der Waals surface area contributed by atoms with Gasteiger partial charge in [0, 0.05) is 29.7 Å². The summed E-state index contributed by atoms with van der Waals surface area (Å²) in [7, 11) is 0. The van der Waals surface area contributed by atoms with E-state index in [1.54, 1.807) is 17.5 Å². The van der Waals surface area contributed by atoms with Crippen LogP contribution in [0.4, 0.5) is 4.79 Å². The summed E-state index contributed by atoms with van der Waals surface area (Å²) in [5.41, 5.74) is 3.30. The summed E-state index contributed by atoms with van der Waals surface area (Å²) in [5.74, 6) is 0. The lowest BCUT2D eigenvalue weighted by Crippen LogP contribution is -2.36. The van der Waals surface area contributed by atoms with Crippen LogP contribution in [0.25, 0.3) is 0 Å². The van der Waals surface area contributed by atoms with Gasteiger partial charge in [0.2, 0.25) is 0 Å². The molecule has 2 amide bonds. The molecule has 2 heterocycles. The van der Waals surface area contributed by atoms with E-state index in [0.29, 0.717) is 13.1 Å². The molecule has 0 radical (unpaired) electrons. The number of hydrogen-bond acceptors (Lipinski definition) is 4. The zero-order valence-electron chi connectivity index (χ0n) is 14.1. The van der Waals surface area contributed by atoms with Gasteiger partial charge in [-0.2, -0.15) is 0 Å². The third kappa shape index (κ3) is 5.32. The molecule has 2 aromatic rings. The Balaban J connectivity index is 1.73. The number of thiazole rings is 1. The van der Waals surface area contributed by atoms with Crippen molar-refractivity contribution in [3.63, 3.8) is 0 Å². The number of nitrogens with one attached hydrogen (secondary N) is 2. The predicted molar refractivity (Wildman–Crippen MR) is 93.7 cm³/mol. The Morgan fingerprint density at radius 2 is 2.09 bits per heavy atom. The molecule has 23 heavy (non-hydrogen) atoms. The Hall–Kier alpha value is -1.95. The molecule has 5 nitrogen and oxygen atoms in total. The van der Waals surface area contributed by atoms with E-state index >= 15 is 0 Å². The second-order valence-electron chi connectivity index (χ2n) is 6.56. The average molecular weight is 332 g/mol. The molecule has 0 aromatic carbocycles. The Kier molecular flexibility index (Phi) is 5.71. The van der Waals surface area contributed by atoms with Crippen LogP contribution in [-0.2, 0) is 18.4 Å². The maximum atomic E-state index is 11.8. The van der Waals surface area contributed by atoms with Crippen LogP contribution in [-0.4, -0.2) is 22.5 Å². The van der Waals surface area contributed by atoms with Crippen molar-refractivity contribution < 1.29 is 4.79 Å². The van der Waals surface area contributed by atoms with E-state index in [9.17, 15) is 4.79 Å². The molecule has 0 fully saturated rings. The lowest BCUT2D eigenvalue weighted by Gasteiger charge is -2.13. The molecule has 2 aromatic heterocycles. The van der Waals surface area contributed by atoms with Crippen LogP contribution >= 0.6 is 11.3 Å². The highest BCUT2D eigenvalue weighted by molar-refractivity contribution is 7.09. The molecule has 2 N–H and O–H groups in total. The molecule has 6 heteroatoms. The number of carbonyl (C=O) groups excluding carboxylic acids is 1. The van der Waals surface area contributed by atoms with Crippen molar-refractivity contribution in [3.05, 3.63) is 45.7 Å². The molecular formula is C17H24N4OS. The van der Waals surface area contributed by atoms with Crippen LogP contribution < -0.4 is 10.6 Å². The molecule has 0 spiro atoms. The summed E-state index contributed by atoms with van der Waals surface area (Å²) in [6.07, 6.45) is 4.41. The number of amides is 2. The number of aryl methyl sites for hydroxylation is 1. The highest BCUT2D eigenvalue weighted by Gasteiger charge is 2.17. The van der Waals surface area contributed by atoms with Crippen molar-refractivity contribution in [3.8, 4) is 0 Å². The van der Waals surface area contributed by atoms with Gasteiger partial charge in [-0.05, 0) is 30.5 Å². The highest BCUT2D eigenvalue weighted by Crippen LogP contribution is 2.25. The van der Waals surface area contributed by atoms with Crippen molar-refractivity contribution in [2.75, 3.05) is 6.54 Å². The van der Waals surface area contributed by atoms with Gasteiger partial charge in [-0.25, -0.2) is 9.78 Å². The van der Waals surface area contributed by atoms with Crippen LogP contribution in [0.2, 0.25) is 0 Å². The molecule has 0 aliphatic carbocycles. The summed E-state index contributed by atoms with van der Waals surface area (Å²) < 4.78 is 0. The fraction of sp³-hybridized carbons (Fsp3) is 0.471. The second kappa shape index (κ2) is 7.55. The quantitative estimate of drug-likeness (QED) is 0.883. The third-order valence-corrected chi connectivity index (χ3v) is 4.76. The first kappa shape index (κ1) is 17.4. The van der Waals surface area contributed by atoms with Gasteiger partial charge in [0.25, 0.3) is 0 Å². The first-order valence-corrected chi connectivity index (χ1v) is 8.60. The molecule has 0 aliphatic heterocycles. The van der Waals surface area contributed by atoms with Crippen molar-refractivity contribution in [2.45, 2.75) is 46.1 Å². The van der Waals surface area contributed by atoms with E-state index in [1.807, 2.05) is 24.6 Å². The highest BCUT2D eigenvalue weighted by atomic mass is 32.1. The molecule has 0 bridgehead atoms. The summed E-state index contributed by atoms with van der Waals surface area (Å²) in [4.78, 5) is 20.5. The molecule has 0 saturated heterocycles. The summed E-state index contributed by atoms with van der Waals surface area (Å²) in [6.45, 7) is 9.48. The fourth-order valence-electron chi connectivity index (χ4n) is 2.06. The van der Waals surface area contributed by atoms with Crippen LogP contribution in [0.3, 0.4) is 0 Å². The first-order valence-electron chi connectivity index (χ1n) is 7.72. The Bertz CT molecular complexity index is 661. The van der Waals surface area contributed by atoms with Gasteiger partial charge in [0.05, 0.1) is 17.2 Å². The number of hydrogen-bond donors (Lipinski definition) is 2. The Morgan fingerprint density at radius 1 is 1.30 bits per heavy atom. The maximum Gasteiger partial charge on any atom is 0.315 e.